The van der Waals surface area contributed by atoms with Crippen LogP contribution in [0.2, 0.25) is 0 Å². The molecule has 1 unspecified atom stereocenters. The van der Waals surface area contributed by atoms with E-state index in [0.29, 0.717) is 11.7 Å². The van der Waals surface area contributed by atoms with Crippen molar-refractivity contribution >= 4 is 28.3 Å². The SMILES string of the molecule is CC(C)(C)c1nnc(NC(=O)C2CC(=O)N(C(C)(C)C)C2)s1. The summed E-state index contributed by atoms with van der Waals surface area (Å²) >= 11 is 1.38. The van der Waals surface area contributed by atoms with Crippen molar-refractivity contribution in [1.29, 1.82) is 0 Å². The van der Waals surface area contributed by atoms with Crippen molar-refractivity contribution < 1.29 is 9.59 Å². The molecule has 2 rings (SSSR count). The number of carbonyl (C=O) groups is 2. The summed E-state index contributed by atoms with van der Waals surface area (Å²) in [6.45, 7) is 12.5. The number of likely N-dealkylation sites (tertiary alicyclic amines) is 1. The number of aromatic nitrogens is 2. The van der Waals surface area contributed by atoms with Crippen LogP contribution >= 0.6 is 11.3 Å². The highest BCUT2D eigenvalue weighted by molar-refractivity contribution is 7.15. The Bertz CT molecular complexity index is 583. The minimum atomic E-state index is -0.325. The molecular weight excluding hydrogens is 300 g/mol. The van der Waals surface area contributed by atoms with Gasteiger partial charge in [0, 0.05) is 23.9 Å². The van der Waals surface area contributed by atoms with Crippen LogP contribution in [-0.2, 0) is 15.0 Å². The summed E-state index contributed by atoms with van der Waals surface area (Å²) in [5.74, 6) is -0.453. The van der Waals surface area contributed by atoms with Crippen LogP contribution in [-0.4, -0.2) is 39.0 Å². The molecule has 0 bridgehead atoms. The highest BCUT2D eigenvalue weighted by Crippen LogP contribution is 2.30. The number of amides is 2. The fraction of sp³-hybridized carbons (Fsp3) is 0.733. The molecule has 1 fully saturated rings. The van der Waals surface area contributed by atoms with Crippen molar-refractivity contribution in [1.82, 2.24) is 15.1 Å². The van der Waals surface area contributed by atoms with Gasteiger partial charge in [0.15, 0.2) is 0 Å². The summed E-state index contributed by atoms with van der Waals surface area (Å²) in [4.78, 5) is 26.1. The Morgan fingerprint density at radius 1 is 1.23 bits per heavy atom. The molecule has 6 nitrogen and oxygen atoms in total. The van der Waals surface area contributed by atoms with Gasteiger partial charge < -0.3 is 10.2 Å². The van der Waals surface area contributed by atoms with Crippen LogP contribution in [0.1, 0.15) is 53.0 Å². The zero-order chi connectivity index (χ0) is 16.7. The monoisotopic (exact) mass is 324 g/mol. The molecule has 1 aliphatic rings. The minimum Gasteiger partial charge on any atom is -0.337 e. The number of anilines is 1. The molecule has 0 saturated carbocycles. The van der Waals surface area contributed by atoms with Crippen LogP contribution in [0.4, 0.5) is 5.13 Å². The van der Waals surface area contributed by atoms with Crippen LogP contribution in [0.3, 0.4) is 0 Å². The van der Waals surface area contributed by atoms with Crippen LogP contribution < -0.4 is 5.32 Å². The lowest BCUT2D eigenvalue weighted by Gasteiger charge is -2.31. The van der Waals surface area contributed by atoms with Gasteiger partial charge in [-0.3, -0.25) is 9.59 Å². The zero-order valence-electron chi connectivity index (χ0n) is 14.1. The lowest BCUT2D eigenvalue weighted by Crippen LogP contribution is -2.42. The van der Waals surface area contributed by atoms with Gasteiger partial charge in [-0.05, 0) is 20.8 Å². The number of hydrogen-bond donors (Lipinski definition) is 1. The van der Waals surface area contributed by atoms with Crippen molar-refractivity contribution in [3.63, 3.8) is 0 Å². The fourth-order valence-electron chi connectivity index (χ4n) is 2.32. The molecule has 0 spiro atoms. The van der Waals surface area contributed by atoms with E-state index in [-0.39, 0.29) is 35.1 Å². The van der Waals surface area contributed by atoms with Crippen molar-refractivity contribution in [2.75, 3.05) is 11.9 Å². The van der Waals surface area contributed by atoms with Crippen molar-refractivity contribution in [3.8, 4) is 0 Å². The maximum absolute atomic E-state index is 12.3. The third kappa shape index (κ3) is 3.63. The molecule has 1 N–H and O–H groups in total. The van der Waals surface area contributed by atoms with Gasteiger partial charge in [0.25, 0.3) is 0 Å². The standard InChI is InChI=1S/C15H24N4O2S/c1-14(2,3)12-17-18-13(22-12)16-11(21)9-7-10(20)19(8-9)15(4,5)6/h9H,7-8H2,1-6H3,(H,16,18,21). The second kappa shape index (κ2) is 5.61. The molecule has 1 atom stereocenters. The predicted octanol–water partition coefficient (Wildman–Crippen LogP) is 2.42. The van der Waals surface area contributed by atoms with Gasteiger partial charge >= 0.3 is 0 Å². The Morgan fingerprint density at radius 2 is 1.86 bits per heavy atom. The average Bonchev–Trinajstić information content (AvgIpc) is 2.93. The summed E-state index contributed by atoms with van der Waals surface area (Å²) < 4.78 is 0. The van der Waals surface area contributed by atoms with Gasteiger partial charge in [0.05, 0.1) is 5.92 Å². The van der Waals surface area contributed by atoms with E-state index in [9.17, 15) is 9.59 Å². The molecular formula is C15H24N4O2S. The van der Waals surface area contributed by atoms with Crippen LogP contribution in [0.5, 0.6) is 0 Å². The van der Waals surface area contributed by atoms with Crippen LogP contribution in [0.15, 0.2) is 0 Å². The van der Waals surface area contributed by atoms with E-state index in [1.165, 1.54) is 11.3 Å². The molecule has 22 heavy (non-hydrogen) atoms. The first-order valence-electron chi connectivity index (χ1n) is 7.44. The molecule has 0 aromatic carbocycles. The van der Waals surface area contributed by atoms with E-state index in [0.717, 1.165) is 5.01 Å². The Hall–Kier alpha value is -1.50. The maximum atomic E-state index is 12.3. The highest BCUT2D eigenvalue weighted by Gasteiger charge is 2.39. The summed E-state index contributed by atoms with van der Waals surface area (Å²) in [6.07, 6.45) is 0.258. The van der Waals surface area contributed by atoms with E-state index in [4.69, 9.17) is 0 Å². The average molecular weight is 324 g/mol. The van der Waals surface area contributed by atoms with Crippen molar-refractivity contribution in [2.24, 2.45) is 5.92 Å². The minimum absolute atomic E-state index is 0.0281. The second-order valence-electron chi connectivity index (χ2n) is 7.73. The van der Waals surface area contributed by atoms with Crippen molar-refractivity contribution in [3.05, 3.63) is 5.01 Å². The highest BCUT2D eigenvalue weighted by atomic mass is 32.1. The number of carbonyl (C=O) groups excluding carboxylic acids is 2. The van der Waals surface area contributed by atoms with E-state index in [1.54, 1.807) is 4.90 Å². The molecule has 0 radical (unpaired) electrons. The third-order valence-electron chi connectivity index (χ3n) is 3.60. The van der Waals surface area contributed by atoms with Gasteiger partial charge in [-0.25, -0.2) is 0 Å². The van der Waals surface area contributed by atoms with E-state index < -0.39 is 0 Å². The third-order valence-corrected chi connectivity index (χ3v) is 4.87. The Kier molecular flexibility index (Phi) is 4.30. The molecule has 2 amide bonds. The lowest BCUT2D eigenvalue weighted by molar-refractivity contribution is -0.131. The number of hydrogen-bond acceptors (Lipinski definition) is 5. The first kappa shape index (κ1) is 16.9. The molecule has 7 heteroatoms. The number of rotatable bonds is 2. The second-order valence-corrected chi connectivity index (χ2v) is 8.71. The van der Waals surface area contributed by atoms with Gasteiger partial charge in [-0.1, -0.05) is 32.1 Å². The first-order chi connectivity index (χ1) is 9.98. The Morgan fingerprint density at radius 3 is 2.32 bits per heavy atom. The zero-order valence-corrected chi connectivity index (χ0v) is 14.9. The molecule has 1 aliphatic heterocycles. The summed E-state index contributed by atoms with van der Waals surface area (Å²) in [5, 5.41) is 12.3. The van der Waals surface area contributed by atoms with Gasteiger partial charge in [-0.15, -0.1) is 10.2 Å². The Balaban J connectivity index is 2.02. The predicted molar refractivity (Wildman–Crippen MR) is 86.8 cm³/mol. The summed E-state index contributed by atoms with van der Waals surface area (Å²) in [6, 6.07) is 0. The molecule has 0 aliphatic carbocycles. The maximum Gasteiger partial charge on any atom is 0.231 e. The summed E-state index contributed by atoms with van der Waals surface area (Å²) in [7, 11) is 0. The van der Waals surface area contributed by atoms with Crippen LogP contribution in [0.25, 0.3) is 0 Å². The quantitative estimate of drug-likeness (QED) is 0.906. The van der Waals surface area contributed by atoms with Gasteiger partial charge in [-0.2, -0.15) is 0 Å². The van der Waals surface area contributed by atoms with E-state index >= 15 is 0 Å². The largest absolute Gasteiger partial charge is 0.337 e. The normalized spacial score (nSPS) is 19.6. The lowest BCUT2D eigenvalue weighted by atomic mass is 9.98. The van der Waals surface area contributed by atoms with E-state index in [1.807, 2.05) is 20.8 Å². The molecule has 2 heterocycles. The fourth-order valence-corrected chi connectivity index (χ4v) is 3.12. The molecule has 122 valence electrons. The van der Waals surface area contributed by atoms with Gasteiger partial charge in [0.2, 0.25) is 16.9 Å². The first-order valence-corrected chi connectivity index (χ1v) is 8.25. The summed E-state index contributed by atoms with van der Waals surface area (Å²) in [5.41, 5.74) is -0.346. The van der Waals surface area contributed by atoms with Crippen molar-refractivity contribution in [2.45, 2.75) is 58.9 Å². The van der Waals surface area contributed by atoms with Crippen LogP contribution in [0, 0.1) is 5.92 Å². The molecule has 1 saturated heterocycles. The molecule has 1 aromatic rings. The van der Waals surface area contributed by atoms with E-state index in [2.05, 4.69) is 36.3 Å². The molecule has 1 aromatic heterocycles. The topological polar surface area (TPSA) is 75.2 Å². The van der Waals surface area contributed by atoms with Gasteiger partial charge in [0.1, 0.15) is 5.01 Å². The Labute approximate surface area is 135 Å². The number of nitrogens with one attached hydrogen (secondary N) is 1. The number of nitrogens with zero attached hydrogens (tertiary/aromatic N) is 3. The smallest absolute Gasteiger partial charge is 0.231 e.